The quantitative estimate of drug-likeness (QED) is 0.797. The minimum Gasteiger partial charge on any atom is -0.381 e. The zero-order valence-electron chi connectivity index (χ0n) is 13.2. The third-order valence-corrected chi connectivity index (χ3v) is 5.21. The first-order chi connectivity index (χ1) is 11.2. The van der Waals surface area contributed by atoms with Crippen molar-refractivity contribution in [2.45, 2.75) is 31.4 Å². The lowest BCUT2D eigenvalue weighted by atomic mass is 10.2. The smallest absolute Gasteiger partial charge is 0.199 e. The van der Waals surface area contributed by atoms with Crippen LogP contribution in [0, 0.1) is 0 Å². The average Bonchev–Trinajstić information content (AvgIpc) is 3.26. The fraction of sp³-hybridized carbons (Fsp3) is 0.438. The molecule has 7 heteroatoms. The van der Waals surface area contributed by atoms with Gasteiger partial charge in [0.05, 0.1) is 11.5 Å². The summed E-state index contributed by atoms with van der Waals surface area (Å²) in [6.45, 7) is 0. The summed E-state index contributed by atoms with van der Waals surface area (Å²) in [6.07, 6.45) is 7.24. The fourth-order valence-corrected chi connectivity index (χ4v) is 3.89. The van der Waals surface area contributed by atoms with Gasteiger partial charge >= 0.3 is 0 Å². The van der Waals surface area contributed by atoms with Crippen LogP contribution in [-0.4, -0.2) is 38.8 Å². The predicted octanol–water partition coefficient (Wildman–Crippen LogP) is 3.07. The summed E-state index contributed by atoms with van der Waals surface area (Å²) >= 11 is 1.63. The van der Waals surface area contributed by atoms with Crippen molar-refractivity contribution in [1.82, 2.24) is 19.5 Å². The van der Waals surface area contributed by atoms with Crippen molar-refractivity contribution in [2.75, 3.05) is 12.4 Å². The predicted molar refractivity (Wildman–Crippen MR) is 91.7 cm³/mol. The van der Waals surface area contributed by atoms with Crippen LogP contribution >= 0.6 is 11.3 Å². The zero-order valence-corrected chi connectivity index (χ0v) is 14.0. The first kappa shape index (κ1) is 14.6. The molecule has 4 rings (SSSR count). The van der Waals surface area contributed by atoms with Crippen molar-refractivity contribution in [3.05, 3.63) is 23.8 Å². The Morgan fingerprint density at radius 1 is 1.35 bits per heavy atom. The van der Waals surface area contributed by atoms with E-state index in [4.69, 9.17) is 9.72 Å². The number of hydrogen-bond acceptors (Lipinski definition) is 6. The lowest BCUT2D eigenvalue weighted by Gasteiger charge is -2.15. The van der Waals surface area contributed by atoms with Gasteiger partial charge in [-0.3, -0.25) is 0 Å². The Balaban J connectivity index is 1.70. The Morgan fingerprint density at radius 2 is 2.26 bits per heavy atom. The van der Waals surface area contributed by atoms with Crippen molar-refractivity contribution >= 4 is 27.4 Å². The Bertz CT molecular complexity index is 827. The van der Waals surface area contributed by atoms with E-state index in [1.807, 2.05) is 17.8 Å². The van der Waals surface area contributed by atoms with Crippen LogP contribution in [-0.2, 0) is 11.8 Å². The molecule has 1 aliphatic rings. The number of ether oxygens (including phenoxy) is 1. The van der Waals surface area contributed by atoms with Crippen LogP contribution in [0.15, 0.2) is 23.8 Å². The lowest BCUT2D eigenvalue weighted by Crippen LogP contribution is -2.18. The fourth-order valence-electron chi connectivity index (χ4n) is 3.13. The second-order valence-electron chi connectivity index (χ2n) is 5.91. The van der Waals surface area contributed by atoms with Gasteiger partial charge in [-0.2, -0.15) is 0 Å². The highest BCUT2D eigenvalue weighted by Crippen LogP contribution is 2.31. The van der Waals surface area contributed by atoms with Crippen molar-refractivity contribution in [1.29, 1.82) is 0 Å². The summed E-state index contributed by atoms with van der Waals surface area (Å²) in [5, 5.41) is 6.73. The van der Waals surface area contributed by atoms with Gasteiger partial charge in [0, 0.05) is 32.6 Å². The Morgan fingerprint density at radius 3 is 3.00 bits per heavy atom. The molecule has 3 heterocycles. The van der Waals surface area contributed by atoms with E-state index in [1.54, 1.807) is 24.6 Å². The lowest BCUT2D eigenvalue weighted by molar-refractivity contribution is 0.108. The summed E-state index contributed by atoms with van der Waals surface area (Å²) < 4.78 is 7.41. The van der Waals surface area contributed by atoms with Gasteiger partial charge in [-0.15, -0.1) is 11.3 Å². The Kier molecular flexibility index (Phi) is 3.74. The number of hydrogen-bond donors (Lipinski definition) is 1. The molecule has 1 aliphatic carbocycles. The summed E-state index contributed by atoms with van der Waals surface area (Å²) in [4.78, 5) is 14.8. The van der Waals surface area contributed by atoms with Gasteiger partial charge in [0.15, 0.2) is 11.6 Å². The van der Waals surface area contributed by atoms with E-state index >= 15 is 0 Å². The molecule has 0 radical (unpaired) electrons. The van der Waals surface area contributed by atoms with Crippen LogP contribution in [0.2, 0.25) is 0 Å². The molecule has 23 heavy (non-hydrogen) atoms. The van der Waals surface area contributed by atoms with Gasteiger partial charge in [0.2, 0.25) is 0 Å². The highest BCUT2D eigenvalue weighted by atomic mass is 32.1. The van der Waals surface area contributed by atoms with Crippen molar-refractivity contribution in [3.63, 3.8) is 0 Å². The molecule has 0 amide bonds. The van der Waals surface area contributed by atoms with Gasteiger partial charge in [0.25, 0.3) is 0 Å². The summed E-state index contributed by atoms with van der Waals surface area (Å²) in [5.41, 5.74) is 0. The van der Waals surface area contributed by atoms with E-state index < -0.39 is 0 Å². The van der Waals surface area contributed by atoms with E-state index in [0.29, 0.717) is 18.0 Å². The second kappa shape index (κ2) is 5.90. The summed E-state index contributed by atoms with van der Waals surface area (Å²) in [6, 6.07) is 2.47. The van der Waals surface area contributed by atoms with Crippen LogP contribution in [0.1, 0.15) is 19.3 Å². The highest BCUT2D eigenvalue weighted by Gasteiger charge is 2.25. The molecule has 120 valence electrons. The molecule has 0 bridgehead atoms. The maximum Gasteiger partial charge on any atom is 0.199 e. The number of aryl methyl sites for hydroxylation is 1. The molecule has 3 aromatic rings. The topological polar surface area (TPSA) is 64.9 Å². The second-order valence-corrected chi connectivity index (χ2v) is 6.80. The number of thiophene rings is 1. The number of anilines is 1. The van der Waals surface area contributed by atoms with Crippen molar-refractivity contribution in [3.8, 4) is 11.6 Å². The number of aromatic nitrogens is 4. The third-order valence-electron chi connectivity index (χ3n) is 4.40. The molecule has 1 saturated carbocycles. The maximum atomic E-state index is 5.47. The molecule has 3 aromatic heterocycles. The van der Waals surface area contributed by atoms with Crippen LogP contribution in [0.3, 0.4) is 0 Å². The molecule has 0 saturated heterocycles. The minimum atomic E-state index is 0.348. The molecule has 1 N–H and O–H groups in total. The van der Waals surface area contributed by atoms with Gasteiger partial charge in [-0.1, -0.05) is 0 Å². The van der Waals surface area contributed by atoms with E-state index in [1.165, 1.54) is 0 Å². The monoisotopic (exact) mass is 329 g/mol. The van der Waals surface area contributed by atoms with Crippen LogP contribution in [0.25, 0.3) is 21.9 Å². The van der Waals surface area contributed by atoms with Crippen molar-refractivity contribution < 1.29 is 4.74 Å². The standard InChI is InChI=1S/C16H19N5OS/c1-21-7-6-17-15(21)14-19-13(12-5-8-23-16(12)20-14)18-10-3-4-11(9-10)22-2/h5-8,10-11H,3-4,9H2,1-2H3,(H,18,19,20)/t10-,11+/m1/s1. The molecule has 0 unspecified atom stereocenters. The molecule has 0 aromatic carbocycles. The highest BCUT2D eigenvalue weighted by molar-refractivity contribution is 7.16. The third kappa shape index (κ3) is 2.70. The average molecular weight is 329 g/mol. The van der Waals surface area contributed by atoms with E-state index in [9.17, 15) is 0 Å². The van der Waals surface area contributed by atoms with E-state index in [-0.39, 0.29) is 0 Å². The molecule has 2 atom stereocenters. The van der Waals surface area contributed by atoms with Crippen LogP contribution < -0.4 is 5.32 Å². The molecular formula is C16H19N5OS. The van der Waals surface area contributed by atoms with E-state index in [0.717, 1.165) is 41.1 Å². The SMILES string of the molecule is CO[C@H]1CC[C@@H](Nc2nc(-c3nccn3C)nc3sccc23)C1. The maximum absolute atomic E-state index is 5.47. The summed E-state index contributed by atoms with van der Waals surface area (Å²) in [5.74, 6) is 2.34. The van der Waals surface area contributed by atoms with Crippen molar-refractivity contribution in [2.24, 2.45) is 7.05 Å². The molecule has 0 aliphatic heterocycles. The van der Waals surface area contributed by atoms with Crippen LogP contribution in [0.4, 0.5) is 5.82 Å². The largest absolute Gasteiger partial charge is 0.381 e. The van der Waals surface area contributed by atoms with Gasteiger partial charge in [-0.05, 0) is 30.7 Å². The molecule has 6 nitrogen and oxygen atoms in total. The Hall–Kier alpha value is -1.99. The van der Waals surface area contributed by atoms with Gasteiger partial charge < -0.3 is 14.6 Å². The first-order valence-electron chi connectivity index (χ1n) is 7.77. The minimum absolute atomic E-state index is 0.348. The van der Waals surface area contributed by atoms with E-state index in [2.05, 4.69) is 26.7 Å². The number of nitrogens with one attached hydrogen (secondary N) is 1. The zero-order chi connectivity index (χ0) is 15.8. The summed E-state index contributed by atoms with van der Waals surface area (Å²) in [7, 11) is 3.74. The molecular weight excluding hydrogens is 310 g/mol. The number of imidazole rings is 1. The number of methoxy groups -OCH3 is 1. The number of fused-ring (bicyclic) bond motifs is 1. The van der Waals surface area contributed by atoms with Crippen LogP contribution in [0.5, 0.6) is 0 Å². The normalized spacial score (nSPS) is 21.1. The first-order valence-corrected chi connectivity index (χ1v) is 8.65. The van der Waals surface area contributed by atoms with Gasteiger partial charge in [-0.25, -0.2) is 15.0 Å². The van der Waals surface area contributed by atoms with Gasteiger partial charge in [0.1, 0.15) is 10.6 Å². The number of rotatable bonds is 4. The Labute approximate surface area is 138 Å². The number of nitrogens with zero attached hydrogens (tertiary/aromatic N) is 4. The molecule has 1 fully saturated rings. The molecule has 0 spiro atoms.